The first-order valence-corrected chi connectivity index (χ1v) is 7.04. The first-order valence-electron chi connectivity index (χ1n) is 6.05. The smallest absolute Gasteiger partial charge is 0.234 e. The lowest BCUT2D eigenvalue weighted by atomic mass is 10.2. The Morgan fingerprint density at radius 2 is 2.28 bits per heavy atom. The van der Waals surface area contributed by atoms with Crippen LogP contribution in [-0.4, -0.2) is 17.6 Å². The maximum atomic E-state index is 11.5. The molecule has 5 heteroatoms. The topological polar surface area (TPSA) is 58.2 Å². The highest BCUT2D eigenvalue weighted by molar-refractivity contribution is 8.00. The van der Waals surface area contributed by atoms with Crippen LogP contribution in [0.25, 0.3) is 0 Å². The molecule has 0 saturated heterocycles. The van der Waals surface area contributed by atoms with Crippen molar-refractivity contribution in [3.05, 3.63) is 23.8 Å². The standard InChI is InChI=1S/C13H14N2O2S/c16-12-7-18-11-4-1-8(5-10(11)15-12)6-14-13(17)9-2-3-9/h1,4-5,9H,2-3,6-7H2,(H,14,17)(H,15,16). The van der Waals surface area contributed by atoms with Gasteiger partial charge >= 0.3 is 0 Å². The van der Waals surface area contributed by atoms with Crippen molar-refractivity contribution < 1.29 is 9.59 Å². The zero-order valence-electron chi connectivity index (χ0n) is 9.86. The average Bonchev–Trinajstić information content (AvgIpc) is 3.19. The van der Waals surface area contributed by atoms with E-state index in [0.717, 1.165) is 29.0 Å². The predicted molar refractivity (Wildman–Crippen MR) is 70.4 cm³/mol. The Morgan fingerprint density at radius 3 is 3.06 bits per heavy atom. The van der Waals surface area contributed by atoms with E-state index in [1.807, 2.05) is 18.2 Å². The molecule has 1 aromatic rings. The molecular weight excluding hydrogens is 248 g/mol. The third-order valence-corrected chi connectivity index (χ3v) is 4.17. The molecule has 0 bridgehead atoms. The van der Waals surface area contributed by atoms with Crippen LogP contribution in [0.15, 0.2) is 23.1 Å². The number of fused-ring (bicyclic) bond motifs is 1. The second-order valence-corrected chi connectivity index (χ2v) is 5.68. The highest BCUT2D eigenvalue weighted by Crippen LogP contribution is 2.32. The van der Waals surface area contributed by atoms with Gasteiger partial charge in [0.05, 0.1) is 11.4 Å². The van der Waals surface area contributed by atoms with Crippen LogP contribution in [-0.2, 0) is 16.1 Å². The Kier molecular flexibility index (Phi) is 2.99. The molecule has 1 aliphatic heterocycles. The molecule has 94 valence electrons. The number of carbonyl (C=O) groups excluding carboxylic acids is 2. The molecular formula is C13H14N2O2S. The first-order chi connectivity index (χ1) is 8.72. The Morgan fingerprint density at radius 1 is 1.44 bits per heavy atom. The lowest BCUT2D eigenvalue weighted by Gasteiger charge is -2.17. The lowest BCUT2D eigenvalue weighted by Crippen LogP contribution is -2.24. The highest BCUT2D eigenvalue weighted by Gasteiger charge is 2.29. The summed E-state index contributed by atoms with van der Waals surface area (Å²) in [7, 11) is 0. The molecule has 0 aromatic heterocycles. The van der Waals surface area contributed by atoms with E-state index in [-0.39, 0.29) is 17.7 Å². The van der Waals surface area contributed by atoms with Crippen LogP contribution < -0.4 is 10.6 Å². The Labute approximate surface area is 110 Å². The summed E-state index contributed by atoms with van der Waals surface area (Å²) in [6, 6.07) is 5.93. The van der Waals surface area contributed by atoms with E-state index in [4.69, 9.17) is 0 Å². The largest absolute Gasteiger partial charge is 0.352 e. The third kappa shape index (κ3) is 2.51. The van der Waals surface area contributed by atoms with Crippen LogP contribution in [0, 0.1) is 5.92 Å². The molecule has 1 fully saturated rings. The van der Waals surface area contributed by atoms with Crippen LogP contribution in [0.4, 0.5) is 5.69 Å². The van der Waals surface area contributed by atoms with Crippen LogP contribution in [0.3, 0.4) is 0 Å². The number of carbonyl (C=O) groups is 2. The molecule has 1 saturated carbocycles. The van der Waals surface area contributed by atoms with E-state index >= 15 is 0 Å². The van der Waals surface area contributed by atoms with E-state index in [2.05, 4.69) is 10.6 Å². The number of amides is 2. The van der Waals surface area contributed by atoms with Crippen LogP contribution in [0.2, 0.25) is 0 Å². The van der Waals surface area contributed by atoms with Gasteiger partial charge in [0.25, 0.3) is 0 Å². The molecule has 0 atom stereocenters. The monoisotopic (exact) mass is 262 g/mol. The van der Waals surface area contributed by atoms with Crippen molar-refractivity contribution in [1.29, 1.82) is 0 Å². The molecule has 1 aliphatic carbocycles. The third-order valence-electron chi connectivity index (χ3n) is 3.09. The van der Waals surface area contributed by atoms with Gasteiger partial charge in [0.15, 0.2) is 0 Å². The van der Waals surface area contributed by atoms with Gasteiger partial charge in [-0.3, -0.25) is 9.59 Å². The normalized spacial score (nSPS) is 17.9. The molecule has 0 spiro atoms. The van der Waals surface area contributed by atoms with Crippen LogP contribution >= 0.6 is 11.8 Å². The van der Waals surface area contributed by atoms with Crippen LogP contribution in [0.5, 0.6) is 0 Å². The second-order valence-electron chi connectivity index (χ2n) is 4.66. The molecule has 18 heavy (non-hydrogen) atoms. The minimum atomic E-state index is 0.0339. The summed E-state index contributed by atoms with van der Waals surface area (Å²) in [5.41, 5.74) is 1.87. The maximum Gasteiger partial charge on any atom is 0.234 e. The SMILES string of the molecule is O=C1CSc2ccc(CNC(=O)C3CC3)cc2N1. The van der Waals surface area contributed by atoms with Crippen molar-refractivity contribution in [3.63, 3.8) is 0 Å². The van der Waals surface area contributed by atoms with Gasteiger partial charge < -0.3 is 10.6 Å². The first kappa shape index (κ1) is 11.6. The summed E-state index contributed by atoms with van der Waals surface area (Å²) in [5.74, 6) is 0.890. The quantitative estimate of drug-likeness (QED) is 0.872. The van der Waals surface area contributed by atoms with Gasteiger partial charge in [-0.2, -0.15) is 0 Å². The predicted octanol–water partition coefficient (Wildman–Crippen LogP) is 1.76. The van der Waals surface area contributed by atoms with Crippen molar-refractivity contribution in [3.8, 4) is 0 Å². The molecule has 1 aromatic carbocycles. The number of hydrogen-bond acceptors (Lipinski definition) is 3. The fraction of sp³-hybridized carbons (Fsp3) is 0.385. The maximum absolute atomic E-state index is 11.5. The lowest BCUT2D eigenvalue weighted by molar-refractivity contribution is -0.122. The van der Waals surface area contributed by atoms with Gasteiger partial charge in [0.1, 0.15) is 0 Å². The van der Waals surface area contributed by atoms with E-state index in [1.54, 1.807) is 11.8 Å². The van der Waals surface area contributed by atoms with Crippen molar-refractivity contribution in [1.82, 2.24) is 5.32 Å². The Balaban J connectivity index is 1.67. The highest BCUT2D eigenvalue weighted by atomic mass is 32.2. The molecule has 2 aliphatic rings. The summed E-state index contributed by atoms with van der Waals surface area (Å²) >= 11 is 1.55. The minimum absolute atomic E-state index is 0.0339. The summed E-state index contributed by atoms with van der Waals surface area (Å²) in [6.45, 7) is 0.531. The van der Waals surface area contributed by atoms with Crippen molar-refractivity contribution in [2.24, 2.45) is 5.92 Å². The Bertz CT molecular complexity index is 512. The van der Waals surface area contributed by atoms with Gasteiger partial charge in [-0.25, -0.2) is 0 Å². The summed E-state index contributed by atoms with van der Waals surface area (Å²) < 4.78 is 0. The van der Waals surface area contributed by atoms with Gasteiger partial charge in [-0.1, -0.05) is 6.07 Å². The van der Waals surface area contributed by atoms with Crippen molar-refractivity contribution in [2.75, 3.05) is 11.1 Å². The van der Waals surface area contributed by atoms with Crippen molar-refractivity contribution >= 4 is 29.3 Å². The molecule has 0 radical (unpaired) electrons. The number of hydrogen-bond donors (Lipinski definition) is 2. The number of thioether (sulfide) groups is 1. The van der Waals surface area contributed by atoms with Gasteiger partial charge in [-0.05, 0) is 30.5 Å². The fourth-order valence-electron chi connectivity index (χ4n) is 1.92. The molecule has 2 amide bonds. The number of rotatable bonds is 3. The molecule has 3 rings (SSSR count). The number of anilines is 1. The zero-order chi connectivity index (χ0) is 12.5. The molecule has 1 heterocycles. The molecule has 4 nitrogen and oxygen atoms in total. The van der Waals surface area contributed by atoms with Crippen molar-refractivity contribution in [2.45, 2.75) is 24.3 Å². The summed E-state index contributed by atoms with van der Waals surface area (Å²) in [4.78, 5) is 23.9. The van der Waals surface area contributed by atoms with Crippen LogP contribution in [0.1, 0.15) is 18.4 Å². The second kappa shape index (κ2) is 4.65. The molecule has 0 unspecified atom stereocenters. The van der Waals surface area contributed by atoms with Gasteiger partial charge in [0, 0.05) is 17.4 Å². The van der Waals surface area contributed by atoms with E-state index in [0.29, 0.717) is 12.3 Å². The van der Waals surface area contributed by atoms with E-state index in [1.165, 1.54) is 0 Å². The fourth-order valence-corrected chi connectivity index (χ4v) is 2.71. The summed E-state index contributed by atoms with van der Waals surface area (Å²) in [6.07, 6.45) is 2.03. The zero-order valence-corrected chi connectivity index (χ0v) is 10.7. The average molecular weight is 262 g/mol. The van der Waals surface area contributed by atoms with Gasteiger partial charge in [0.2, 0.25) is 11.8 Å². The molecule has 2 N–H and O–H groups in total. The Hall–Kier alpha value is -1.49. The number of nitrogens with one attached hydrogen (secondary N) is 2. The number of benzene rings is 1. The van der Waals surface area contributed by atoms with Gasteiger partial charge in [-0.15, -0.1) is 11.8 Å². The van der Waals surface area contributed by atoms with E-state index in [9.17, 15) is 9.59 Å². The summed E-state index contributed by atoms with van der Waals surface area (Å²) in [5, 5.41) is 5.77. The van der Waals surface area contributed by atoms with E-state index < -0.39 is 0 Å². The minimum Gasteiger partial charge on any atom is -0.352 e.